The van der Waals surface area contributed by atoms with E-state index in [2.05, 4.69) is 10.6 Å². The van der Waals surface area contributed by atoms with Crippen molar-refractivity contribution in [2.24, 2.45) is 0 Å². The second kappa shape index (κ2) is 6.98. The van der Waals surface area contributed by atoms with Crippen LogP contribution in [-0.2, 0) is 6.42 Å². The second-order valence-electron chi connectivity index (χ2n) is 4.68. The normalized spacial score (nSPS) is 16.8. The average molecular weight is 269 g/mol. The lowest BCUT2D eigenvalue weighted by Gasteiger charge is -2.23. The minimum absolute atomic E-state index is 0.649. The van der Waals surface area contributed by atoms with E-state index in [0.717, 1.165) is 36.8 Å². The fraction of sp³-hybridized carbons (Fsp3) is 0.571. The highest BCUT2D eigenvalue weighted by molar-refractivity contribution is 6.30. The van der Waals surface area contributed by atoms with Crippen molar-refractivity contribution in [1.29, 1.82) is 0 Å². The molecule has 1 aliphatic rings. The molecule has 0 bridgehead atoms. The lowest BCUT2D eigenvalue weighted by atomic mass is 10.1. The summed E-state index contributed by atoms with van der Waals surface area (Å²) in [5.41, 5.74) is 1.17. The van der Waals surface area contributed by atoms with E-state index >= 15 is 0 Å². The summed E-state index contributed by atoms with van der Waals surface area (Å²) in [6, 6.07) is 6.44. The zero-order valence-electron chi connectivity index (χ0n) is 10.8. The van der Waals surface area contributed by atoms with Gasteiger partial charge in [-0.1, -0.05) is 11.6 Å². The highest BCUT2D eigenvalue weighted by Gasteiger charge is 2.12. The minimum Gasteiger partial charge on any atom is -0.496 e. The first-order valence-electron chi connectivity index (χ1n) is 6.56. The molecule has 3 nitrogen and oxygen atoms in total. The molecule has 1 aromatic carbocycles. The monoisotopic (exact) mass is 268 g/mol. The van der Waals surface area contributed by atoms with Gasteiger partial charge in [-0.25, -0.2) is 0 Å². The van der Waals surface area contributed by atoms with Gasteiger partial charge in [-0.3, -0.25) is 0 Å². The molecular weight excluding hydrogens is 248 g/mol. The van der Waals surface area contributed by atoms with Crippen LogP contribution in [0.1, 0.15) is 18.4 Å². The van der Waals surface area contributed by atoms with E-state index in [4.69, 9.17) is 16.3 Å². The maximum Gasteiger partial charge on any atom is 0.122 e. The van der Waals surface area contributed by atoms with Crippen molar-refractivity contribution >= 4 is 11.6 Å². The van der Waals surface area contributed by atoms with E-state index in [1.54, 1.807) is 7.11 Å². The number of methoxy groups -OCH3 is 1. The van der Waals surface area contributed by atoms with Gasteiger partial charge in [-0.05, 0) is 62.7 Å². The highest BCUT2D eigenvalue weighted by Crippen LogP contribution is 2.22. The summed E-state index contributed by atoms with van der Waals surface area (Å²) in [5, 5.41) is 7.74. The molecule has 0 saturated carbocycles. The van der Waals surface area contributed by atoms with Crippen LogP contribution >= 0.6 is 11.6 Å². The van der Waals surface area contributed by atoms with Crippen molar-refractivity contribution in [3.8, 4) is 5.75 Å². The number of nitrogens with one attached hydrogen (secondary N) is 2. The maximum atomic E-state index is 6.02. The number of rotatable bonds is 5. The number of hydrogen-bond acceptors (Lipinski definition) is 3. The Morgan fingerprint density at radius 1 is 1.39 bits per heavy atom. The molecule has 0 radical (unpaired) electrons. The summed E-state index contributed by atoms with van der Waals surface area (Å²) in [6.07, 6.45) is 3.38. The van der Waals surface area contributed by atoms with E-state index in [-0.39, 0.29) is 0 Å². The lowest BCUT2D eigenvalue weighted by molar-refractivity contribution is 0.385. The molecule has 4 heteroatoms. The van der Waals surface area contributed by atoms with Gasteiger partial charge in [0, 0.05) is 11.1 Å². The first kappa shape index (κ1) is 13.7. The Balaban J connectivity index is 1.83. The van der Waals surface area contributed by atoms with Crippen LogP contribution in [0, 0.1) is 0 Å². The van der Waals surface area contributed by atoms with E-state index in [1.807, 2.05) is 18.2 Å². The maximum absolute atomic E-state index is 6.02. The Kier molecular flexibility index (Phi) is 5.29. The predicted octanol–water partition coefficient (Wildman–Crippen LogP) is 2.23. The largest absolute Gasteiger partial charge is 0.496 e. The third-order valence-corrected chi connectivity index (χ3v) is 3.64. The molecule has 18 heavy (non-hydrogen) atoms. The van der Waals surface area contributed by atoms with Gasteiger partial charge in [0.25, 0.3) is 0 Å². The molecule has 0 amide bonds. The summed E-state index contributed by atoms with van der Waals surface area (Å²) >= 11 is 6.02. The molecule has 1 aromatic rings. The quantitative estimate of drug-likeness (QED) is 0.859. The Hall–Kier alpha value is -0.770. The van der Waals surface area contributed by atoms with Gasteiger partial charge in [0.1, 0.15) is 5.75 Å². The molecule has 0 unspecified atom stereocenters. The van der Waals surface area contributed by atoms with Crippen molar-refractivity contribution in [3.05, 3.63) is 28.8 Å². The van der Waals surface area contributed by atoms with Crippen molar-refractivity contribution in [3.63, 3.8) is 0 Å². The fourth-order valence-corrected chi connectivity index (χ4v) is 2.57. The third-order valence-electron chi connectivity index (χ3n) is 3.41. The van der Waals surface area contributed by atoms with Gasteiger partial charge >= 0.3 is 0 Å². The molecule has 1 heterocycles. The molecule has 1 saturated heterocycles. The molecule has 0 atom stereocenters. The van der Waals surface area contributed by atoms with Crippen LogP contribution in [0.25, 0.3) is 0 Å². The van der Waals surface area contributed by atoms with Crippen LogP contribution in [0.2, 0.25) is 5.02 Å². The zero-order chi connectivity index (χ0) is 12.8. The topological polar surface area (TPSA) is 33.3 Å². The molecule has 2 N–H and O–H groups in total. The molecule has 2 rings (SSSR count). The molecule has 1 fully saturated rings. The molecule has 0 aliphatic carbocycles. The summed E-state index contributed by atoms with van der Waals surface area (Å²) in [5.74, 6) is 0.923. The second-order valence-corrected chi connectivity index (χ2v) is 5.12. The zero-order valence-corrected chi connectivity index (χ0v) is 11.6. The van der Waals surface area contributed by atoms with Crippen LogP contribution in [-0.4, -0.2) is 32.8 Å². The molecular formula is C14H21ClN2O. The first-order valence-corrected chi connectivity index (χ1v) is 6.94. The van der Waals surface area contributed by atoms with Crippen LogP contribution in [0.15, 0.2) is 18.2 Å². The predicted molar refractivity (Wildman–Crippen MR) is 75.6 cm³/mol. The van der Waals surface area contributed by atoms with Crippen molar-refractivity contribution in [2.45, 2.75) is 25.3 Å². The Labute approximate surface area is 114 Å². The van der Waals surface area contributed by atoms with Crippen LogP contribution < -0.4 is 15.4 Å². The fourth-order valence-electron chi connectivity index (χ4n) is 2.38. The van der Waals surface area contributed by atoms with E-state index in [0.29, 0.717) is 6.04 Å². The van der Waals surface area contributed by atoms with Crippen LogP contribution in [0.5, 0.6) is 5.75 Å². The van der Waals surface area contributed by atoms with Gasteiger partial charge in [-0.2, -0.15) is 0 Å². The summed E-state index contributed by atoms with van der Waals surface area (Å²) in [4.78, 5) is 0. The third kappa shape index (κ3) is 3.87. The van der Waals surface area contributed by atoms with Crippen LogP contribution in [0.3, 0.4) is 0 Å². The van der Waals surface area contributed by atoms with Gasteiger partial charge in [-0.15, -0.1) is 0 Å². The number of ether oxygens (including phenoxy) is 1. The molecule has 0 spiro atoms. The number of halogens is 1. The lowest BCUT2D eigenvalue weighted by Crippen LogP contribution is -2.40. The molecule has 1 aliphatic heterocycles. The van der Waals surface area contributed by atoms with E-state index in [9.17, 15) is 0 Å². The number of piperidine rings is 1. The summed E-state index contributed by atoms with van der Waals surface area (Å²) < 4.78 is 5.35. The van der Waals surface area contributed by atoms with Gasteiger partial charge < -0.3 is 15.4 Å². The van der Waals surface area contributed by atoms with E-state index in [1.165, 1.54) is 18.4 Å². The van der Waals surface area contributed by atoms with Crippen molar-refractivity contribution in [1.82, 2.24) is 10.6 Å². The average Bonchev–Trinajstić information content (AvgIpc) is 2.40. The van der Waals surface area contributed by atoms with Crippen molar-refractivity contribution < 1.29 is 4.74 Å². The van der Waals surface area contributed by atoms with Gasteiger partial charge in [0.2, 0.25) is 0 Å². The Morgan fingerprint density at radius 2 is 2.17 bits per heavy atom. The molecule has 0 aromatic heterocycles. The highest BCUT2D eigenvalue weighted by atomic mass is 35.5. The number of hydrogen-bond donors (Lipinski definition) is 2. The van der Waals surface area contributed by atoms with Gasteiger partial charge in [0.05, 0.1) is 7.11 Å². The van der Waals surface area contributed by atoms with Crippen molar-refractivity contribution in [2.75, 3.05) is 26.7 Å². The smallest absolute Gasteiger partial charge is 0.122 e. The molecule has 100 valence electrons. The standard InChI is InChI=1S/C14H21ClN2O/c1-18-14-3-2-12(15)10-11(14)4-9-17-13-5-7-16-8-6-13/h2-3,10,13,16-17H,4-9H2,1H3. The first-order chi connectivity index (χ1) is 8.79. The van der Waals surface area contributed by atoms with Crippen LogP contribution in [0.4, 0.5) is 0 Å². The SMILES string of the molecule is COc1ccc(Cl)cc1CCNC1CCNCC1. The van der Waals surface area contributed by atoms with E-state index < -0.39 is 0 Å². The summed E-state index contributed by atoms with van der Waals surface area (Å²) in [7, 11) is 1.70. The summed E-state index contributed by atoms with van der Waals surface area (Å²) in [6.45, 7) is 3.22. The minimum atomic E-state index is 0.649. The number of benzene rings is 1. The Morgan fingerprint density at radius 3 is 2.89 bits per heavy atom. The Bertz CT molecular complexity index is 378. The van der Waals surface area contributed by atoms with Gasteiger partial charge in [0.15, 0.2) is 0 Å².